The first-order chi connectivity index (χ1) is 9.29. The second-order valence-corrected chi connectivity index (χ2v) is 7.03. The molecule has 0 saturated heterocycles. The van der Waals surface area contributed by atoms with Crippen molar-refractivity contribution in [2.75, 3.05) is 0 Å². The monoisotopic (exact) mass is 268 g/mol. The Morgan fingerprint density at radius 2 is 1.80 bits per heavy atom. The van der Waals surface area contributed by atoms with Crippen molar-refractivity contribution in [1.82, 2.24) is 0 Å². The molecule has 0 saturated carbocycles. The highest BCUT2D eigenvalue weighted by atomic mass is 14.4. The molecule has 0 unspecified atom stereocenters. The topological polar surface area (TPSA) is 0 Å². The van der Waals surface area contributed by atoms with Gasteiger partial charge in [0, 0.05) is 0 Å². The lowest BCUT2D eigenvalue weighted by Gasteiger charge is -2.27. The summed E-state index contributed by atoms with van der Waals surface area (Å²) >= 11 is 0. The molecule has 0 aromatic rings. The lowest BCUT2D eigenvalue weighted by molar-refractivity contribution is 0.507. The number of hydrogen-bond acceptors (Lipinski definition) is 0. The van der Waals surface area contributed by atoms with Crippen molar-refractivity contribution in [2.24, 2.45) is 5.41 Å². The highest BCUT2D eigenvalue weighted by Crippen LogP contribution is 2.48. The van der Waals surface area contributed by atoms with Crippen LogP contribution in [0.25, 0.3) is 0 Å². The Bertz CT molecular complexity index is 578. The van der Waals surface area contributed by atoms with Crippen molar-refractivity contribution in [3.63, 3.8) is 0 Å². The maximum atomic E-state index is 2.35. The van der Waals surface area contributed by atoms with E-state index in [1.165, 1.54) is 27.9 Å². The van der Waals surface area contributed by atoms with Crippen molar-refractivity contribution in [2.45, 2.75) is 61.3 Å². The van der Waals surface area contributed by atoms with Crippen LogP contribution < -0.4 is 0 Å². The van der Waals surface area contributed by atoms with E-state index in [4.69, 9.17) is 0 Å². The van der Waals surface area contributed by atoms with Gasteiger partial charge in [0.05, 0.1) is 0 Å². The third kappa shape index (κ3) is 2.37. The molecule has 0 aromatic carbocycles. The van der Waals surface area contributed by atoms with Gasteiger partial charge in [0.1, 0.15) is 0 Å². The van der Waals surface area contributed by atoms with E-state index in [9.17, 15) is 0 Å². The molecule has 0 heteroatoms. The third-order valence-electron chi connectivity index (χ3n) is 4.67. The van der Waals surface area contributed by atoms with E-state index in [0.29, 0.717) is 0 Å². The van der Waals surface area contributed by atoms with Gasteiger partial charge < -0.3 is 0 Å². The minimum absolute atomic E-state index is 0.202. The second kappa shape index (κ2) is 5.24. The van der Waals surface area contributed by atoms with Gasteiger partial charge in [0.25, 0.3) is 0 Å². The van der Waals surface area contributed by atoms with Crippen molar-refractivity contribution in [3.8, 4) is 0 Å². The standard InChI is InChI=1S/C20H28/c1-8-17-13(2)14(3)18(19(17)20(5,6)7)15(4)16-11-9-10-12-16/h9-11H,8,12H2,1-7H3. The van der Waals surface area contributed by atoms with Gasteiger partial charge in [-0.15, -0.1) is 0 Å². The lowest BCUT2D eigenvalue weighted by atomic mass is 9.77. The van der Waals surface area contributed by atoms with E-state index in [1.807, 2.05) is 0 Å². The SMILES string of the molecule is CCC1=C(C(C)(C)C)C(=C(C)C2=CC=CC2)C(C)=C1C. The van der Waals surface area contributed by atoms with Crippen LogP contribution in [0.4, 0.5) is 0 Å². The van der Waals surface area contributed by atoms with Gasteiger partial charge in [-0.2, -0.15) is 0 Å². The largest absolute Gasteiger partial charge is 0.0801 e. The first-order valence-electron chi connectivity index (χ1n) is 7.78. The van der Waals surface area contributed by atoms with E-state index >= 15 is 0 Å². The van der Waals surface area contributed by atoms with Crippen molar-refractivity contribution in [1.29, 1.82) is 0 Å². The third-order valence-corrected chi connectivity index (χ3v) is 4.67. The van der Waals surface area contributed by atoms with Crippen molar-refractivity contribution >= 4 is 0 Å². The summed E-state index contributed by atoms with van der Waals surface area (Å²) in [6, 6.07) is 0. The maximum Gasteiger partial charge on any atom is -0.00915 e. The van der Waals surface area contributed by atoms with Crippen LogP contribution in [0.3, 0.4) is 0 Å². The van der Waals surface area contributed by atoms with E-state index in [1.54, 1.807) is 11.1 Å². The average molecular weight is 268 g/mol. The molecule has 0 N–H and O–H groups in total. The van der Waals surface area contributed by atoms with Crippen LogP contribution in [0.15, 0.2) is 57.2 Å². The Labute approximate surface area is 124 Å². The summed E-state index contributed by atoms with van der Waals surface area (Å²) in [6.07, 6.45) is 8.92. The fraction of sp³-hybridized carbons (Fsp3) is 0.500. The fourth-order valence-electron chi connectivity index (χ4n) is 3.56. The normalized spacial score (nSPS) is 22.1. The van der Waals surface area contributed by atoms with Crippen LogP contribution in [-0.2, 0) is 0 Å². The fourth-order valence-corrected chi connectivity index (χ4v) is 3.56. The lowest BCUT2D eigenvalue weighted by Crippen LogP contribution is -2.13. The molecule has 20 heavy (non-hydrogen) atoms. The summed E-state index contributed by atoms with van der Waals surface area (Å²) in [7, 11) is 0. The molecule has 0 nitrogen and oxygen atoms in total. The minimum atomic E-state index is 0.202. The van der Waals surface area contributed by atoms with E-state index in [-0.39, 0.29) is 5.41 Å². The molecule has 0 fully saturated rings. The molecule has 2 aliphatic rings. The predicted octanol–water partition coefficient (Wildman–Crippen LogP) is 6.29. The van der Waals surface area contributed by atoms with Gasteiger partial charge >= 0.3 is 0 Å². The van der Waals surface area contributed by atoms with Crippen molar-refractivity contribution < 1.29 is 0 Å². The zero-order chi connectivity index (χ0) is 15.1. The molecule has 0 aromatic heterocycles. The molecule has 0 amide bonds. The van der Waals surface area contributed by atoms with Gasteiger partial charge in [-0.1, -0.05) is 45.9 Å². The van der Waals surface area contributed by atoms with Crippen LogP contribution >= 0.6 is 0 Å². The Morgan fingerprint density at radius 1 is 1.15 bits per heavy atom. The molecular weight excluding hydrogens is 240 g/mol. The molecule has 0 heterocycles. The van der Waals surface area contributed by atoms with Gasteiger partial charge in [-0.3, -0.25) is 0 Å². The molecule has 0 radical (unpaired) electrons. The number of allylic oxidation sites excluding steroid dienone is 10. The quantitative estimate of drug-likeness (QED) is 0.552. The zero-order valence-electron chi connectivity index (χ0n) is 14.1. The molecule has 0 aliphatic heterocycles. The molecule has 0 spiro atoms. The summed E-state index contributed by atoms with van der Waals surface area (Å²) in [6.45, 7) is 16.2. The Morgan fingerprint density at radius 3 is 2.25 bits per heavy atom. The summed E-state index contributed by atoms with van der Waals surface area (Å²) in [5.74, 6) is 0. The van der Waals surface area contributed by atoms with Gasteiger partial charge in [-0.25, -0.2) is 0 Å². The van der Waals surface area contributed by atoms with Gasteiger partial charge in [0.2, 0.25) is 0 Å². The van der Waals surface area contributed by atoms with Crippen LogP contribution in [-0.4, -0.2) is 0 Å². The highest BCUT2D eigenvalue weighted by molar-refractivity contribution is 5.68. The second-order valence-electron chi connectivity index (χ2n) is 7.03. The highest BCUT2D eigenvalue weighted by Gasteiger charge is 2.32. The molecule has 2 aliphatic carbocycles. The first kappa shape index (κ1) is 15.1. The molecule has 2 rings (SSSR count). The number of rotatable bonds is 2. The maximum absolute atomic E-state index is 2.35. The Balaban J connectivity index is 2.67. The smallest absolute Gasteiger partial charge is 0.00915 e. The van der Waals surface area contributed by atoms with Crippen LogP contribution in [0.1, 0.15) is 61.3 Å². The van der Waals surface area contributed by atoms with Crippen LogP contribution in [0.5, 0.6) is 0 Å². The average Bonchev–Trinajstić information content (AvgIpc) is 2.96. The predicted molar refractivity (Wildman–Crippen MR) is 89.7 cm³/mol. The Hall–Kier alpha value is -1.30. The minimum Gasteiger partial charge on any atom is -0.0801 e. The molecule has 108 valence electrons. The zero-order valence-corrected chi connectivity index (χ0v) is 14.1. The Kier molecular flexibility index (Phi) is 3.95. The van der Waals surface area contributed by atoms with Gasteiger partial charge in [-0.05, 0) is 78.0 Å². The molecule has 0 atom stereocenters. The number of hydrogen-bond donors (Lipinski definition) is 0. The summed E-state index contributed by atoms with van der Waals surface area (Å²) in [4.78, 5) is 0. The molecular formula is C20H28. The summed E-state index contributed by atoms with van der Waals surface area (Å²) in [5, 5.41) is 0. The van der Waals surface area contributed by atoms with E-state index in [2.05, 4.69) is 66.7 Å². The van der Waals surface area contributed by atoms with Crippen LogP contribution in [0.2, 0.25) is 0 Å². The molecule has 0 bridgehead atoms. The van der Waals surface area contributed by atoms with E-state index < -0.39 is 0 Å². The summed E-state index contributed by atoms with van der Waals surface area (Å²) in [5.41, 5.74) is 10.8. The van der Waals surface area contributed by atoms with Crippen LogP contribution in [0, 0.1) is 5.41 Å². The van der Waals surface area contributed by atoms with Crippen molar-refractivity contribution in [3.05, 3.63) is 57.2 Å². The van der Waals surface area contributed by atoms with E-state index in [0.717, 1.165) is 12.8 Å². The van der Waals surface area contributed by atoms with Gasteiger partial charge in [0.15, 0.2) is 0 Å². The first-order valence-corrected chi connectivity index (χ1v) is 7.78. The summed E-state index contributed by atoms with van der Waals surface area (Å²) < 4.78 is 0.